The van der Waals surface area contributed by atoms with E-state index in [9.17, 15) is 13.5 Å². The zero-order valence-electron chi connectivity index (χ0n) is 9.67. The average Bonchev–Trinajstić information content (AvgIpc) is 2.28. The summed E-state index contributed by atoms with van der Waals surface area (Å²) < 4.78 is 27.7. The molecule has 96 valence electrons. The highest BCUT2D eigenvalue weighted by Crippen LogP contribution is 2.15. The second-order valence-corrected chi connectivity index (χ2v) is 5.79. The first-order chi connectivity index (χ1) is 7.93. The first-order valence-corrected chi connectivity index (χ1v) is 7.13. The van der Waals surface area contributed by atoms with Crippen molar-refractivity contribution in [2.24, 2.45) is 5.73 Å². The van der Waals surface area contributed by atoms with Crippen LogP contribution in [0.4, 0.5) is 0 Å². The van der Waals surface area contributed by atoms with Crippen LogP contribution in [0.5, 0.6) is 5.75 Å². The molecule has 6 heteroatoms. The Morgan fingerprint density at radius 1 is 1.35 bits per heavy atom. The molecule has 0 saturated heterocycles. The van der Waals surface area contributed by atoms with Crippen LogP contribution in [-0.4, -0.2) is 39.0 Å². The van der Waals surface area contributed by atoms with Gasteiger partial charge in [0.2, 0.25) is 0 Å². The maximum absolute atomic E-state index is 11.2. The van der Waals surface area contributed by atoms with E-state index in [1.165, 1.54) is 12.1 Å². The number of nitrogens with two attached hydrogens (primary N) is 1. The minimum absolute atomic E-state index is 0.205. The monoisotopic (exact) mass is 259 g/mol. The molecular weight excluding hydrogens is 242 g/mol. The number of rotatable bonds is 6. The number of hydrogen-bond acceptors (Lipinski definition) is 5. The van der Waals surface area contributed by atoms with E-state index >= 15 is 0 Å². The molecule has 1 aromatic rings. The summed E-state index contributed by atoms with van der Waals surface area (Å²) in [6.07, 6.45) is 1.04. The summed E-state index contributed by atoms with van der Waals surface area (Å²) in [7, 11) is -3.17. The molecule has 1 unspecified atom stereocenters. The van der Waals surface area contributed by atoms with Gasteiger partial charge in [-0.2, -0.15) is 0 Å². The largest absolute Gasteiger partial charge is 0.493 e. The van der Waals surface area contributed by atoms with E-state index in [-0.39, 0.29) is 11.4 Å². The molecule has 3 N–H and O–H groups in total. The van der Waals surface area contributed by atoms with Crippen molar-refractivity contribution in [3.05, 3.63) is 24.3 Å². The van der Waals surface area contributed by atoms with Gasteiger partial charge in [-0.1, -0.05) is 0 Å². The SMILES string of the molecule is CS(=O)(=O)c1ccc(OCCC(O)CN)cc1. The topological polar surface area (TPSA) is 89.6 Å². The first-order valence-electron chi connectivity index (χ1n) is 5.24. The van der Waals surface area contributed by atoms with Gasteiger partial charge in [0.1, 0.15) is 5.75 Å². The van der Waals surface area contributed by atoms with Crippen molar-refractivity contribution >= 4 is 9.84 Å². The summed E-state index contributed by atoms with van der Waals surface area (Å²) in [5.41, 5.74) is 5.25. The lowest BCUT2D eigenvalue weighted by Crippen LogP contribution is -2.21. The Hall–Kier alpha value is -1.11. The molecule has 1 atom stereocenters. The number of ether oxygens (including phenoxy) is 1. The van der Waals surface area contributed by atoms with E-state index in [4.69, 9.17) is 10.5 Å². The fourth-order valence-corrected chi connectivity index (χ4v) is 1.84. The molecule has 0 radical (unpaired) electrons. The van der Waals surface area contributed by atoms with E-state index < -0.39 is 15.9 Å². The van der Waals surface area contributed by atoms with Crippen molar-refractivity contribution in [1.82, 2.24) is 0 Å². The van der Waals surface area contributed by atoms with Crippen LogP contribution in [0.15, 0.2) is 29.2 Å². The summed E-state index contributed by atoms with van der Waals surface area (Å²) in [6, 6.07) is 6.16. The molecule has 0 saturated carbocycles. The molecule has 0 aliphatic rings. The molecule has 5 nitrogen and oxygen atoms in total. The van der Waals surface area contributed by atoms with E-state index in [1.807, 2.05) is 0 Å². The number of aliphatic hydroxyl groups is 1. The van der Waals surface area contributed by atoms with Gasteiger partial charge >= 0.3 is 0 Å². The highest BCUT2D eigenvalue weighted by molar-refractivity contribution is 7.90. The van der Waals surface area contributed by atoms with Crippen molar-refractivity contribution in [2.75, 3.05) is 19.4 Å². The summed E-state index contributed by atoms with van der Waals surface area (Å²) in [5.74, 6) is 0.571. The zero-order chi connectivity index (χ0) is 12.9. The molecule has 0 heterocycles. The fourth-order valence-electron chi connectivity index (χ4n) is 1.21. The summed E-state index contributed by atoms with van der Waals surface area (Å²) in [5, 5.41) is 9.20. The Kier molecular flexibility index (Phi) is 4.92. The third-order valence-corrected chi connectivity index (χ3v) is 3.37. The van der Waals surface area contributed by atoms with Crippen LogP contribution >= 0.6 is 0 Å². The highest BCUT2D eigenvalue weighted by atomic mass is 32.2. The second kappa shape index (κ2) is 6.00. The minimum atomic E-state index is -3.17. The Balaban J connectivity index is 2.52. The molecule has 0 aliphatic heterocycles. The molecule has 0 amide bonds. The van der Waals surface area contributed by atoms with E-state index in [0.29, 0.717) is 18.8 Å². The number of hydrogen-bond donors (Lipinski definition) is 2. The molecule has 0 aromatic heterocycles. The zero-order valence-corrected chi connectivity index (χ0v) is 10.5. The number of aliphatic hydroxyl groups excluding tert-OH is 1. The third kappa shape index (κ3) is 4.72. The normalized spacial score (nSPS) is 13.4. The number of benzene rings is 1. The summed E-state index contributed by atoms with van der Waals surface area (Å²) in [4.78, 5) is 0.256. The highest BCUT2D eigenvalue weighted by Gasteiger charge is 2.06. The molecule has 0 bridgehead atoms. The maximum Gasteiger partial charge on any atom is 0.175 e. The predicted molar refractivity (Wildman–Crippen MR) is 64.7 cm³/mol. The molecule has 0 aliphatic carbocycles. The van der Waals surface area contributed by atoms with E-state index in [2.05, 4.69) is 0 Å². The summed E-state index contributed by atoms with van der Waals surface area (Å²) in [6.45, 7) is 0.549. The smallest absolute Gasteiger partial charge is 0.175 e. The van der Waals surface area contributed by atoms with Gasteiger partial charge in [0, 0.05) is 19.2 Å². The van der Waals surface area contributed by atoms with Gasteiger partial charge in [-0.15, -0.1) is 0 Å². The van der Waals surface area contributed by atoms with Gasteiger partial charge in [-0.05, 0) is 24.3 Å². The quantitative estimate of drug-likeness (QED) is 0.760. The van der Waals surface area contributed by atoms with Crippen LogP contribution in [-0.2, 0) is 9.84 Å². The van der Waals surface area contributed by atoms with Crippen molar-refractivity contribution < 1.29 is 18.3 Å². The van der Waals surface area contributed by atoms with E-state index in [1.54, 1.807) is 12.1 Å². The maximum atomic E-state index is 11.2. The van der Waals surface area contributed by atoms with Gasteiger partial charge in [0.05, 0.1) is 17.6 Å². The summed E-state index contributed by atoms with van der Waals surface area (Å²) >= 11 is 0. The third-order valence-electron chi connectivity index (χ3n) is 2.24. The van der Waals surface area contributed by atoms with Gasteiger partial charge in [-0.25, -0.2) is 8.42 Å². The first kappa shape index (κ1) is 14.0. The molecule has 0 fully saturated rings. The van der Waals surface area contributed by atoms with Gasteiger partial charge < -0.3 is 15.6 Å². The van der Waals surface area contributed by atoms with Gasteiger partial charge in [0.15, 0.2) is 9.84 Å². The average molecular weight is 259 g/mol. The lowest BCUT2D eigenvalue weighted by Gasteiger charge is -2.09. The van der Waals surface area contributed by atoms with Crippen molar-refractivity contribution in [1.29, 1.82) is 0 Å². The van der Waals surface area contributed by atoms with Crippen LogP contribution in [0.25, 0.3) is 0 Å². The lowest BCUT2D eigenvalue weighted by molar-refractivity contribution is 0.146. The Morgan fingerprint density at radius 3 is 2.41 bits per heavy atom. The van der Waals surface area contributed by atoms with Crippen LogP contribution in [0, 0.1) is 0 Å². The molecule has 0 spiro atoms. The second-order valence-electron chi connectivity index (χ2n) is 3.77. The lowest BCUT2D eigenvalue weighted by atomic mass is 10.3. The molecule has 17 heavy (non-hydrogen) atoms. The molecular formula is C11H17NO4S. The van der Waals surface area contributed by atoms with Crippen molar-refractivity contribution in [3.8, 4) is 5.75 Å². The van der Waals surface area contributed by atoms with Crippen LogP contribution in [0.3, 0.4) is 0 Å². The predicted octanol–water partition coefficient (Wildman–Crippen LogP) is 0.179. The standard InChI is InChI=1S/C11H17NO4S/c1-17(14,15)11-4-2-10(3-5-11)16-7-6-9(13)8-12/h2-5,9,13H,6-8,12H2,1H3. The van der Waals surface area contributed by atoms with Crippen LogP contribution < -0.4 is 10.5 Å². The van der Waals surface area contributed by atoms with Crippen molar-refractivity contribution in [3.63, 3.8) is 0 Å². The molecule has 1 rings (SSSR count). The van der Waals surface area contributed by atoms with E-state index in [0.717, 1.165) is 6.26 Å². The Bertz CT molecular complexity index is 441. The molecule has 1 aromatic carbocycles. The van der Waals surface area contributed by atoms with Crippen LogP contribution in [0.2, 0.25) is 0 Å². The van der Waals surface area contributed by atoms with Crippen molar-refractivity contribution in [2.45, 2.75) is 17.4 Å². The minimum Gasteiger partial charge on any atom is -0.493 e. The van der Waals surface area contributed by atoms with Gasteiger partial charge in [-0.3, -0.25) is 0 Å². The number of sulfone groups is 1. The van der Waals surface area contributed by atoms with Crippen LogP contribution in [0.1, 0.15) is 6.42 Å². The van der Waals surface area contributed by atoms with Gasteiger partial charge in [0.25, 0.3) is 0 Å². The fraction of sp³-hybridized carbons (Fsp3) is 0.455. The Labute approximate surface area is 101 Å². The Morgan fingerprint density at radius 2 is 1.94 bits per heavy atom.